The molecule has 0 saturated heterocycles. The number of carbonyl (C=O) groups excluding carboxylic acids is 1. The van der Waals surface area contributed by atoms with E-state index in [1.165, 1.54) is 0 Å². The number of allylic oxidation sites excluding steroid dienone is 3. The van der Waals surface area contributed by atoms with E-state index in [2.05, 4.69) is 10.2 Å². The van der Waals surface area contributed by atoms with Gasteiger partial charge in [-0.25, -0.2) is 0 Å². The third-order valence-corrected chi connectivity index (χ3v) is 2.98. The number of hydrogen-bond donors (Lipinski definition) is 1. The molecular weight excluding hydrogens is 204 g/mol. The number of Topliss-reactive ketones (excluding diaryl/α,β-unsaturated/α-hetero) is 1. The third kappa shape index (κ3) is 1.13. The second kappa shape index (κ2) is 3.27. The molecule has 0 aromatic heterocycles. The van der Waals surface area contributed by atoms with Gasteiger partial charge < -0.3 is 15.0 Å². The number of ether oxygens (including phenoxy) is 1. The highest BCUT2D eigenvalue weighted by molar-refractivity contribution is 5.98. The number of carbonyl (C=O) groups is 1. The predicted molar refractivity (Wildman–Crippen MR) is 58.8 cm³/mol. The highest BCUT2D eigenvalue weighted by Crippen LogP contribution is 2.32. The third-order valence-electron chi connectivity index (χ3n) is 2.98. The molecule has 0 radical (unpaired) electrons. The first-order valence-corrected chi connectivity index (χ1v) is 5.24. The lowest BCUT2D eigenvalue weighted by Crippen LogP contribution is -2.33. The molecule has 0 spiro atoms. The summed E-state index contributed by atoms with van der Waals surface area (Å²) in [4.78, 5) is 13.8. The molecule has 2 heterocycles. The first-order valence-electron chi connectivity index (χ1n) is 5.24. The molecule has 0 amide bonds. The highest BCUT2D eigenvalue weighted by atomic mass is 16.5. The summed E-state index contributed by atoms with van der Waals surface area (Å²) >= 11 is 0. The Kier molecular flexibility index (Phi) is 1.89. The van der Waals surface area contributed by atoms with E-state index in [0.717, 1.165) is 23.7 Å². The van der Waals surface area contributed by atoms with Crippen molar-refractivity contribution in [3.8, 4) is 0 Å². The number of hydrogen-bond acceptors (Lipinski definition) is 4. The zero-order valence-electron chi connectivity index (χ0n) is 8.99. The maximum atomic E-state index is 11.7. The number of nitrogens with one attached hydrogen (secondary N) is 1. The van der Waals surface area contributed by atoms with E-state index in [1.807, 2.05) is 24.4 Å². The molecule has 0 atom stereocenters. The minimum Gasteiger partial charge on any atom is -0.495 e. The maximum absolute atomic E-state index is 11.7. The smallest absolute Gasteiger partial charge is 0.184 e. The van der Waals surface area contributed by atoms with Gasteiger partial charge in [-0.1, -0.05) is 6.08 Å². The Morgan fingerprint density at radius 3 is 3.19 bits per heavy atom. The van der Waals surface area contributed by atoms with Gasteiger partial charge >= 0.3 is 0 Å². The molecule has 16 heavy (non-hydrogen) atoms. The fourth-order valence-electron chi connectivity index (χ4n) is 2.20. The minimum atomic E-state index is 0.138. The van der Waals surface area contributed by atoms with Crippen molar-refractivity contribution in [1.82, 2.24) is 10.2 Å². The largest absolute Gasteiger partial charge is 0.495 e. The summed E-state index contributed by atoms with van der Waals surface area (Å²) in [6.07, 6.45) is 8.21. The molecule has 4 heteroatoms. The second-order valence-corrected chi connectivity index (χ2v) is 3.85. The summed E-state index contributed by atoms with van der Waals surface area (Å²) < 4.78 is 5.27. The van der Waals surface area contributed by atoms with Gasteiger partial charge in [0.2, 0.25) is 0 Å². The van der Waals surface area contributed by atoms with E-state index < -0.39 is 0 Å². The summed E-state index contributed by atoms with van der Waals surface area (Å²) in [5.74, 6) is 0.990. The van der Waals surface area contributed by atoms with Crippen LogP contribution in [-0.4, -0.2) is 24.3 Å². The van der Waals surface area contributed by atoms with Gasteiger partial charge in [-0.15, -0.1) is 0 Å². The molecule has 2 aliphatic heterocycles. The van der Waals surface area contributed by atoms with Crippen molar-refractivity contribution in [2.75, 3.05) is 13.7 Å². The molecule has 0 fully saturated rings. The summed E-state index contributed by atoms with van der Waals surface area (Å²) in [6.45, 7) is 0.757. The van der Waals surface area contributed by atoms with Crippen LogP contribution in [0.25, 0.3) is 0 Å². The van der Waals surface area contributed by atoms with Crippen molar-refractivity contribution >= 4 is 5.78 Å². The Bertz CT molecular complexity index is 483. The van der Waals surface area contributed by atoms with Crippen LogP contribution in [0.5, 0.6) is 0 Å². The summed E-state index contributed by atoms with van der Waals surface area (Å²) in [5.41, 5.74) is 2.62. The average molecular weight is 216 g/mol. The molecule has 1 aliphatic carbocycles. The molecule has 3 rings (SSSR count). The maximum Gasteiger partial charge on any atom is 0.184 e. The Morgan fingerprint density at radius 2 is 2.38 bits per heavy atom. The van der Waals surface area contributed by atoms with Crippen LogP contribution in [0.2, 0.25) is 0 Å². The summed E-state index contributed by atoms with van der Waals surface area (Å²) in [6, 6.07) is 0. The van der Waals surface area contributed by atoms with Crippen molar-refractivity contribution in [3.05, 3.63) is 47.3 Å². The number of nitrogens with zero attached hydrogens (tertiary/aromatic N) is 1. The van der Waals surface area contributed by atoms with Crippen LogP contribution in [-0.2, 0) is 9.53 Å². The Hall–Kier alpha value is -1.97. The van der Waals surface area contributed by atoms with Gasteiger partial charge in [0, 0.05) is 19.2 Å². The van der Waals surface area contributed by atoms with Crippen LogP contribution in [0, 0.1) is 0 Å². The van der Waals surface area contributed by atoms with Crippen molar-refractivity contribution in [2.45, 2.75) is 6.42 Å². The molecule has 0 aromatic carbocycles. The summed E-state index contributed by atoms with van der Waals surface area (Å²) in [5, 5.41) is 3.06. The van der Waals surface area contributed by atoms with E-state index in [1.54, 1.807) is 7.11 Å². The van der Waals surface area contributed by atoms with Crippen LogP contribution >= 0.6 is 0 Å². The molecule has 1 N–H and O–H groups in total. The lowest BCUT2D eigenvalue weighted by molar-refractivity contribution is -0.115. The average Bonchev–Trinajstić information content (AvgIpc) is 2.72. The first kappa shape index (κ1) is 9.27. The number of ketones is 1. The van der Waals surface area contributed by atoms with Crippen molar-refractivity contribution in [2.24, 2.45) is 0 Å². The lowest BCUT2D eigenvalue weighted by Gasteiger charge is -2.30. The number of rotatable bonds is 1. The fraction of sp³-hybridized carbons (Fsp3) is 0.250. The van der Waals surface area contributed by atoms with Crippen LogP contribution in [0.1, 0.15) is 6.42 Å². The van der Waals surface area contributed by atoms with Crippen molar-refractivity contribution < 1.29 is 9.53 Å². The molecule has 0 saturated carbocycles. The van der Waals surface area contributed by atoms with Crippen molar-refractivity contribution in [1.29, 1.82) is 0 Å². The quantitative estimate of drug-likeness (QED) is 0.710. The number of fused-ring (bicyclic) bond motifs is 2. The zero-order valence-corrected chi connectivity index (χ0v) is 8.99. The molecular formula is C12H12N2O2. The van der Waals surface area contributed by atoms with Gasteiger partial charge in [0.05, 0.1) is 12.8 Å². The van der Waals surface area contributed by atoms with Crippen LogP contribution < -0.4 is 5.32 Å². The van der Waals surface area contributed by atoms with Crippen LogP contribution in [0.3, 0.4) is 0 Å². The van der Waals surface area contributed by atoms with Crippen molar-refractivity contribution in [3.63, 3.8) is 0 Å². The highest BCUT2D eigenvalue weighted by Gasteiger charge is 2.31. The molecule has 0 aromatic rings. The molecule has 82 valence electrons. The lowest BCUT2D eigenvalue weighted by atomic mass is 10.0. The van der Waals surface area contributed by atoms with E-state index in [4.69, 9.17) is 4.74 Å². The normalized spacial score (nSPS) is 22.3. The SMILES string of the molecule is COC1=CCN2C1=CNC1=C2C=CCC1=O. The zero-order chi connectivity index (χ0) is 11.1. The second-order valence-electron chi connectivity index (χ2n) is 3.85. The van der Waals surface area contributed by atoms with Gasteiger partial charge in [-0.2, -0.15) is 0 Å². The van der Waals surface area contributed by atoms with Gasteiger partial charge in [-0.05, 0) is 12.2 Å². The van der Waals surface area contributed by atoms with E-state index in [-0.39, 0.29) is 5.78 Å². The van der Waals surface area contributed by atoms with Gasteiger partial charge in [0.25, 0.3) is 0 Å². The Labute approximate surface area is 93.6 Å². The van der Waals surface area contributed by atoms with Gasteiger partial charge in [0.15, 0.2) is 5.78 Å². The van der Waals surface area contributed by atoms with Crippen LogP contribution in [0.15, 0.2) is 47.3 Å². The predicted octanol–water partition coefficient (Wildman–Crippen LogP) is 1.02. The fourth-order valence-corrected chi connectivity index (χ4v) is 2.20. The molecule has 4 nitrogen and oxygen atoms in total. The minimum absolute atomic E-state index is 0.138. The molecule has 0 bridgehead atoms. The van der Waals surface area contributed by atoms with E-state index in [0.29, 0.717) is 12.1 Å². The first-order chi connectivity index (χ1) is 7.81. The topological polar surface area (TPSA) is 41.6 Å². The standard InChI is InChI=1S/C12H12N2O2/c1-16-11-5-6-14-8-3-2-4-10(15)12(8)13-7-9(11)14/h2-3,5,7,13H,4,6H2,1H3. The molecule has 3 aliphatic rings. The summed E-state index contributed by atoms with van der Waals surface area (Å²) in [7, 11) is 1.65. The monoisotopic (exact) mass is 216 g/mol. The van der Waals surface area contributed by atoms with Gasteiger partial charge in [-0.3, -0.25) is 4.79 Å². The molecule has 0 unspecified atom stereocenters. The van der Waals surface area contributed by atoms with Gasteiger partial charge in [0.1, 0.15) is 17.2 Å². The van der Waals surface area contributed by atoms with E-state index >= 15 is 0 Å². The van der Waals surface area contributed by atoms with Crippen LogP contribution in [0.4, 0.5) is 0 Å². The van der Waals surface area contributed by atoms with E-state index in [9.17, 15) is 4.79 Å². The number of methoxy groups -OCH3 is 1. The Morgan fingerprint density at radius 1 is 1.50 bits per heavy atom. The Balaban J connectivity index is 2.00.